The van der Waals surface area contributed by atoms with E-state index in [2.05, 4.69) is 22.8 Å². The van der Waals surface area contributed by atoms with Gasteiger partial charge in [0, 0.05) is 23.4 Å². The van der Waals surface area contributed by atoms with Crippen LogP contribution in [0.3, 0.4) is 0 Å². The number of hydrogen-bond acceptors (Lipinski definition) is 4. The van der Waals surface area contributed by atoms with Crippen LogP contribution >= 0.6 is 11.3 Å². The molecule has 3 aromatic rings. The van der Waals surface area contributed by atoms with Gasteiger partial charge >= 0.3 is 5.97 Å². The van der Waals surface area contributed by atoms with E-state index in [4.69, 9.17) is 10.2 Å². The molecule has 1 aliphatic heterocycles. The molecule has 0 saturated carbocycles. The van der Waals surface area contributed by atoms with Crippen molar-refractivity contribution in [2.75, 3.05) is 11.9 Å². The highest BCUT2D eigenvalue weighted by atomic mass is 32.1. The molecule has 6 heteroatoms. The fourth-order valence-corrected chi connectivity index (χ4v) is 3.61. The van der Waals surface area contributed by atoms with Crippen LogP contribution in [0.5, 0.6) is 0 Å². The van der Waals surface area contributed by atoms with Crippen LogP contribution in [0.25, 0.3) is 5.69 Å². The zero-order valence-corrected chi connectivity index (χ0v) is 13.1. The maximum Gasteiger partial charge on any atom is 0.335 e. The summed E-state index contributed by atoms with van der Waals surface area (Å²) in [4.78, 5) is 12.3. The Bertz CT molecular complexity index is 851. The average Bonchev–Trinajstić information content (AvgIpc) is 3.27. The Morgan fingerprint density at radius 2 is 2.13 bits per heavy atom. The minimum Gasteiger partial charge on any atom is -0.478 e. The Kier molecular flexibility index (Phi) is 3.38. The predicted molar refractivity (Wildman–Crippen MR) is 89.8 cm³/mol. The van der Waals surface area contributed by atoms with Crippen molar-refractivity contribution in [2.24, 2.45) is 0 Å². The molecule has 2 N–H and O–H groups in total. The van der Waals surface area contributed by atoms with Crippen LogP contribution in [0.2, 0.25) is 0 Å². The number of nitrogens with zero attached hydrogens (tertiary/aromatic N) is 2. The van der Waals surface area contributed by atoms with Crippen molar-refractivity contribution in [3.63, 3.8) is 0 Å². The topological polar surface area (TPSA) is 67.1 Å². The monoisotopic (exact) mass is 325 g/mol. The molecular formula is C17H15N3O2S. The lowest BCUT2D eigenvalue weighted by Gasteiger charge is -2.06. The molecule has 2 aromatic heterocycles. The van der Waals surface area contributed by atoms with E-state index in [0.717, 1.165) is 36.6 Å². The molecule has 0 amide bonds. The first-order valence-corrected chi connectivity index (χ1v) is 8.31. The fraction of sp³-hybridized carbons (Fsp3) is 0.176. The zero-order chi connectivity index (χ0) is 15.8. The lowest BCUT2D eigenvalue weighted by Crippen LogP contribution is -2.05. The molecule has 0 fully saturated rings. The molecule has 4 rings (SSSR count). The van der Waals surface area contributed by atoms with Gasteiger partial charge in [0.15, 0.2) is 0 Å². The van der Waals surface area contributed by atoms with Crippen LogP contribution in [0.1, 0.15) is 26.5 Å². The number of aromatic carboxylic acids is 1. The Morgan fingerprint density at radius 3 is 2.83 bits per heavy atom. The first-order valence-electron chi connectivity index (χ1n) is 7.43. The number of aromatic nitrogens is 2. The van der Waals surface area contributed by atoms with Crippen LogP contribution in [-0.2, 0) is 12.8 Å². The molecule has 0 atom stereocenters. The molecule has 1 aromatic carbocycles. The Labute approximate surface area is 137 Å². The maximum absolute atomic E-state index is 11.0. The van der Waals surface area contributed by atoms with E-state index in [1.165, 1.54) is 10.4 Å². The second kappa shape index (κ2) is 5.55. The van der Waals surface area contributed by atoms with Gasteiger partial charge in [0.1, 0.15) is 5.82 Å². The summed E-state index contributed by atoms with van der Waals surface area (Å²) in [7, 11) is 0. The summed E-state index contributed by atoms with van der Waals surface area (Å²) in [5.74, 6) is 0.110. The number of carbonyl (C=O) groups is 1. The summed E-state index contributed by atoms with van der Waals surface area (Å²) in [5.41, 5.74) is 3.51. The minimum atomic E-state index is -0.918. The van der Waals surface area contributed by atoms with Crippen LogP contribution in [0.15, 0.2) is 41.8 Å². The molecule has 0 spiro atoms. The Morgan fingerprint density at radius 1 is 1.30 bits per heavy atom. The van der Waals surface area contributed by atoms with Crippen molar-refractivity contribution in [1.82, 2.24) is 9.78 Å². The lowest BCUT2D eigenvalue weighted by molar-refractivity contribution is 0.0697. The number of nitrogens with one attached hydrogen (secondary N) is 1. The van der Waals surface area contributed by atoms with E-state index in [9.17, 15) is 4.79 Å². The van der Waals surface area contributed by atoms with Gasteiger partial charge < -0.3 is 10.4 Å². The number of rotatable bonds is 4. The number of hydrogen-bond donors (Lipinski definition) is 2. The highest BCUT2D eigenvalue weighted by molar-refractivity contribution is 7.09. The van der Waals surface area contributed by atoms with E-state index in [-0.39, 0.29) is 5.56 Å². The predicted octanol–water partition coefficient (Wildman–Crippen LogP) is 3.19. The quantitative estimate of drug-likeness (QED) is 0.773. The summed E-state index contributed by atoms with van der Waals surface area (Å²) in [6, 6.07) is 11.0. The lowest BCUT2D eigenvalue weighted by atomic mass is 10.1. The minimum absolute atomic E-state index is 0.282. The maximum atomic E-state index is 11.0. The Balaban J connectivity index is 1.73. The fourth-order valence-electron chi connectivity index (χ4n) is 2.90. The van der Waals surface area contributed by atoms with Crippen molar-refractivity contribution < 1.29 is 9.90 Å². The van der Waals surface area contributed by atoms with Crippen LogP contribution in [0, 0.1) is 0 Å². The van der Waals surface area contributed by atoms with Gasteiger partial charge in [-0.15, -0.1) is 11.3 Å². The van der Waals surface area contributed by atoms with Gasteiger partial charge in [-0.3, -0.25) is 0 Å². The summed E-state index contributed by atoms with van der Waals surface area (Å²) < 4.78 is 1.89. The molecule has 0 bridgehead atoms. The Hall–Kier alpha value is -2.60. The number of carboxylic acids is 1. The number of anilines is 1. The number of thiophene rings is 1. The average molecular weight is 325 g/mol. The van der Waals surface area contributed by atoms with Gasteiger partial charge in [0.2, 0.25) is 0 Å². The number of benzene rings is 1. The van der Waals surface area contributed by atoms with Gasteiger partial charge in [0.25, 0.3) is 0 Å². The van der Waals surface area contributed by atoms with E-state index in [1.54, 1.807) is 35.6 Å². The molecule has 0 unspecified atom stereocenters. The highest BCUT2D eigenvalue weighted by Gasteiger charge is 2.23. The van der Waals surface area contributed by atoms with Crippen molar-refractivity contribution in [2.45, 2.75) is 12.8 Å². The van der Waals surface area contributed by atoms with Gasteiger partial charge in [-0.2, -0.15) is 5.10 Å². The van der Waals surface area contributed by atoms with Crippen LogP contribution < -0.4 is 5.32 Å². The summed E-state index contributed by atoms with van der Waals surface area (Å²) in [6.45, 7) is 0.915. The SMILES string of the molecule is O=C(O)c1ccc(-n2nc(Cc3cccs3)c3c2NCC3)cc1. The molecule has 3 heterocycles. The number of fused-ring (bicyclic) bond motifs is 1. The molecule has 1 aliphatic rings. The largest absolute Gasteiger partial charge is 0.478 e. The second-order valence-electron chi connectivity index (χ2n) is 5.47. The standard InChI is InChI=1S/C17H15N3O2S/c21-17(22)11-3-5-12(6-4-11)20-16-14(7-8-18-16)15(19-20)10-13-2-1-9-23-13/h1-6,9,18H,7-8,10H2,(H,21,22). The van der Waals surface area contributed by atoms with Crippen molar-refractivity contribution in [3.8, 4) is 5.69 Å². The van der Waals surface area contributed by atoms with Gasteiger partial charge in [-0.1, -0.05) is 6.07 Å². The van der Waals surface area contributed by atoms with Gasteiger partial charge in [-0.05, 0) is 42.1 Å². The van der Waals surface area contributed by atoms with E-state index in [1.807, 2.05) is 4.68 Å². The molecular weight excluding hydrogens is 310 g/mol. The van der Waals surface area contributed by atoms with Crippen LogP contribution in [0.4, 0.5) is 5.82 Å². The van der Waals surface area contributed by atoms with E-state index in [0.29, 0.717) is 0 Å². The third-order valence-corrected chi connectivity index (χ3v) is 4.89. The molecule has 5 nitrogen and oxygen atoms in total. The van der Waals surface area contributed by atoms with Crippen LogP contribution in [-0.4, -0.2) is 27.4 Å². The van der Waals surface area contributed by atoms with Crippen molar-refractivity contribution in [3.05, 3.63) is 63.5 Å². The first-order chi connectivity index (χ1) is 11.2. The summed E-state index contributed by atoms with van der Waals surface area (Å²) in [5, 5.41) is 19.3. The van der Waals surface area contributed by atoms with Crippen molar-refractivity contribution >= 4 is 23.1 Å². The molecule has 0 saturated heterocycles. The molecule has 0 radical (unpaired) electrons. The molecule has 0 aliphatic carbocycles. The first kappa shape index (κ1) is 14.0. The zero-order valence-electron chi connectivity index (χ0n) is 12.3. The number of carboxylic acid groups (broad SMARTS) is 1. The van der Waals surface area contributed by atoms with Gasteiger partial charge in [0.05, 0.1) is 16.9 Å². The van der Waals surface area contributed by atoms with E-state index >= 15 is 0 Å². The van der Waals surface area contributed by atoms with E-state index < -0.39 is 5.97 Å². The molecule has 116 valence electrons. The summed E-state index contributed by atoms with van der Waals surface area (Å²) in [6.07, 6.45) is 1.81. The normalized spacial score (nSPS) is 12.9. The highest BCUT2D eigenvalue weighted by Crippen LogP contribution is 2.30. The van der Waals surface area contributed by atoms with Crippen molar-refractivity contribution in [1.29, 1.82) is 0 Å². The second-order valence-corrected chi connectivity index (χ2v) is 6.50. The third-order valence-electron chi connectivity index (χ3n) is 4.01. The summed E-state index contributed by atoms with van der Waals surface area (Å²) >= 11 is 1.74. The molecule has 23 heavy (non-hydrogen) atoms. The van der Waals surface area contributed by atoms with Gasteiger partial charge in [-0.25, -0.2) is 9.48 Å². The third kappa shape index (κ3) is 2.51. The smallest absolute Gasteiger partial charge is 0.335 e.